The van der Waals surface area contributed by atoms with Crippen LogP contribution in [-0.2, 0) is 9.59 Å². The molecule has 220 valence electrons. The van der Waals surface area contributed by atoms with Gasteiger partial charge in [0.15, 0.2) is 5.11 Å². The molecule has 2 aliphatic rings. The summed E-state index contributed by atoms with van der Waals surface area (Å²) in [7, 11) is 0. The average molecular weight is 626 g/mol. The third-order valence-electron chi connectivity index (χ3n) is 7.57. The van der Waals surface area contributed by atoms with Gasteiger partial charge in [-0.1, -0.05) is 17.7 Å². The number of hydrogen-bond acceptors (Lipinski definition) is 6. The van der Waals surface area contributed by atoms with E-state index < -0.39 is 6.04 Å². The quantitative estimate of drug-likeness (QED) is 0.228. The first-order valence-corrected chi connectivity index (χ1v) is 15.9. The molecule has 7 nitrogen and oxygen atoms in total. The summed E-state index contributed by atoms with van der Waals surface area (Å²) in [6.45, 7) is 4.90. The molecule has 5 rings (SSSR count). The fraction of sp³-hybridized carbons (Fsp3) is 0.323. The van der Waals surface area contributed by atoms with Gasteiger partial charge in [0, 0.05) is 54.0 Å². The van der Waals surface area contributed by atoms with Crippen molar-refractivity contribution in [1.82, 2.24) is 9.80 Å². The van der Waals surface area contributed by atoms with Gasteiger partial charge in [-0.25, -0.2) is 4.39 Å². The zero-order valence-electron chi connectivity index (χ0n) is 23.3. The molecule has 2 saturated heterocycles. The van der Waals surface area contributed by atoms with E-state index in [2.05, 4.69) is 15.1 Å². The maximum Gasteiger partial charge on any atom is 0.256 e. The van der Waals surface area contributed by atoms with Crippen molar-refractivity contribution in [3.8, 4) is 0 Å². The minimum absolute atomic E-state index is 0.0172. The zero-order chi connectivity index (χ0) is 29.6. The van der Waals surface area contributed by atoms with Gasteiger partial charge in [0.25, 0.3) is 5.91 Å². The lowest BCUT2D eigenvalue weighted by Crippen LogP contribution is -2.47. The van der Waals surface area contributed by atoms with Gasteiger partial charge in [0.2, 0.25) is 5.91 Å². The van der Waals surface area contributed by atoms with Crippen LogP contribution in [0.5, 0.6) is 0 Å². The van der Waals surface area contributed by atoms with Gasteiger partial charge < -0.3 is 15.1 Å². The van der Waals surface area contributed by atoms with Crippen LogP contribution in [0.3, 0.4) is 0 Å². The average Bonchev–Trinajstić information content (AvgIpc) is 3.23. The first kappa shape index (κ1) is 30.3. The van der Waals surface area contributed by atoms with Crippen LogP contribution in [-0.4, -0.2) is 78.3 Å². The highest BCUT2D eigenvalue weighted by Crippen LogP contribution is 2.30. The maximum absolute atomic E-state index is 13.8. The molecule has 0 spiro atoms. The second kappa shape index (κ2) is 13.9. The molecule has 0 unspecified atom stereocenters. The lowest BCUT2D eigenvalue weighted by molar-refractivity contribution is -0.124. The largest absolute Gasteiger partial charge is 0.369 e. The van der Waals surface area contributed by atoms with Crippen molar-refractivity contribution >= 4 is 69.6 Å². The van der Waals surface area contributed by atoms with Crippen LogP contribution in [0, 0.1) is 5.82 Å². The number of benzene rings is 3. The lowest BCUT2D eigenvalue weighted by Gasteiger charge is -2.36. The predicted octanol–water partition coefficient (Wildman–Crippen LogP) is 5.74. The first-order chi connectivity index (χ1) is 20.3. The van der Waals surface area contributed by atoms with Gasteiger partial charge in [-0.3, -0.25) is 19.4 Å². The lowest BCUT2D eigenvalue weighted by atomic mass is 10.1. The highest BCUT2D eigenvalue weighted by molar-refractivity contribution is 7.98. The van der Waals surface area contributed by atoms with Crippen LogP contribution >= 0.6 is 35.6 Å². The van der Waals surface area contributed by atoms with Crippen molar-refractivity contribution < 1.29 is 14.0 Å². The normalized spacial score (nSPS) is 17.7. The summed E-state index contributed by atoms with van der Waals surface area (Å²) >= 11 is 13.4. The SMILES string of the molecule is CSc1cccc(N2C(=O)[C@H](CC(=O)Nc3ccc(Cl)cc3)N(CCCN3CCN(c4ccc(F)cc4)CC3)C2=S)c1. The second-order valence-electron chi connectivity index (χ2n) is 10.3. The van der Waals surface area contributed by atoms with E-state index in [0.29, 0.717) is 28.1 Å². The van der Waals surface area contributed by atoms with Gasteiger partial charge in [-0.2, -0.15) is 0 Å². The fourth-order valence-corrected chi connectivity index (χ4v) is 6.33. The van der Waals surface area contributed by atoms with Crippen LogP contribution in [0.4, 0.5) is 21.5 Å². The molecule has 11 heteroatoms. The Morgan fingerprint density at radius 1 is 1.00 bits per heavy atom. The number of carbonyl (C=O) groups excluding carboxylic acids is 2. The number of piperazine rings is 1. The number of hydrogen-bond donors (Lipinski definition) is 1. The number of anilines is 3. The monoisotopic (exact) mass is 625 g/mol. The molecule has 0 bridgehead atoms. The van der Waals surface area contributed by atoms with E-state index in [1.165, 1.54) is 12.1 Å². The molecule has 0 aromatic heterocycles. The highest BCUT2D eigenvalue weighted by atomic mass is 35.5. The number of thiocarbonyl (C=S) groups is 1. The Kier molecular flexibility index (Phi) is 9.99. The Morgan fingerprint density at radius 3 is 2.40 bits per heavy atom. The number of halogens is 2. The van der Waals surface area contributed by atoms with Crippen LogP contribution in [0.25, 0.3) is 0 Å². The van der Waals surface area contributed by atoms with Crippen molar-refractivity contribution in [2.75, 3.05) is 60.6 Å². The van der Waals surface area contributed by atoms with Gasteiger partial charge in [-0.05, 0) is 98.2 Å². The molecule has 0 saturated carbocycles. The van der Waals surface area contributed by atoms with Crippen LogP contribution < -0.4 is 15.1 Å². The van der Waals surface area contributed by atoms with E-state index in [1.807, 2.05) is 47.6 Å². The number of amides is 2. The van der Waals surface area contributed by atoms with E-state index in [0.717, 1.165) is 49.7 Å². The molecule has 2 amide bonds. The Labute approximate surface area is 260 Å². The fourth-order valence-electron chi connectivity index (χ4n) is 5.34. The molecule has 42 heavy (non-hydrogen) atoms. The standard InChI is InChI=1S/C31H33ClFN5O2S2/c1-42-27-5-2-4-26(20-27)38-30(40)28(21-29(39)34-24-10-6-22(32)7-11-24)37(31(38)41)15-3-14-35-16-18-36(19-17-35)25-12-8-23(33)9-13-25/h2,4-13,20,28H,3,14-19,21H2,1H3,(H,34,39)/t28-/m0/s1. The number of carbonyl (C=O) groups is 2. The number of nitrogens with zero attached hydrogens (tertiary/aromatic N) is 4. The molecule has 2 fully saturated rings. The van der Waals surface area contributed by atoms with Crippen molar-refractivity contribution in [3.05, 3.63) is 83.6 Å². The van der Waals surface area contributed by atoms with Gasteiger partial charge in [0.1, 0.15) is 11.9 Å². The topological polar surface area (TPSA) is 59.1 Å². The van der Waals surface area contributed by atoms with Crippen molar-refractivity contribution in [2.45, 2.75) is 23.8 Å². The van der Waals surface area contributed by atoms with Gasteiger partial charge in [-0.15, -0.1) is 11.8 Å². The summed E-state index contributed by atoms with van der Waals surface area (Å²) in [5, 5.41) is 3.88. The molecule has 1 N–H and O–H groups in total. The molecule has 2 aliphatic heterocycles. The first-order valence-electron chi connectivity index (χ1n) is 13.9. The van der Waals surface area contributed by atoms with Crippen LogP contribution in [0.2, 0.25) is 5.02 Å². The Hall–Kier alpha value is -3.18. The van der Waals surface area contributed by atoms with Crippen LogP contribution in [0.15, 0.2) is 77.7 Å². The van der Waals surface area contributed by atoms with E-state index in [4.69, 9.17) is 23.8 Å². The summed E-state index contributed by atoms with van der Waals surface area (Å²) < 4.78 is 13.3. The number of thioether (sulfide) groups is 1. The summed E-state index contributed by atoms with van der Waals surface area (Å²) in [6, 6.07) is 20.5. The molecule has 3 aromatic rings. The molecule has 3 aromatic carbocycles. The summed E-state index contributed by atoms with van der Waals surface area (Å²) in [6.07, 6.45) is 2.76. The molecule has 0 radical (unpaired) electrons. The molecule has 0 aliphatic carbocycles. The van der Waals surface area contributed by atoms with Crippen molar-refractivity contribution in [3.63, 3.8) is 0 Å². The van der Waals surface area contributed by atoms with E-state index >= 15 is 0 Å². The summed E-state index contributed by atoms with van der Waals surface area (Å²) in [5.74, 6) is -0.690. The third kappa shape index (κ3) is 7.23. The Bertz CT molecular complexity index is 1420. The van der Waals surface area contributed by atoms with E-state index in [-0.39, 0.29) is 24.1 Å². The molecular formula is C31H33ClFN5O2S2. The van der Waals surface area contributed by atoms with Gasteiger partial charge >= 0.3 is 0 Å². The predicted molar refractivity (Wildman–Crippen MR) is 173 cm³/mol. The van der Waals surface area contributed by atoms with Crippen molar-refractivity contribution in [1.29, 1.82) is 0 Å². The summed E-state index contributed by atoms with van der Waals surface area (Å²) in [4.78, 5) is 36.0. The Balaban J connectivity index is 1.23. The molecule has 2 heterocycles. The van der Waals surface area contributed by atoms with Crippen LogP contribution in [0.1, 0.15) is 12.8 Å². The van der Waals surface area contributed by atoms with E-state index in [1.54, 1.807) is 40.9 Å². The highest BCUT2D eigenvalue weighted by Gasteiger charge is 2.44. The maximum atomic E-state index is 13.8. The minimum Gasteiger partial charge on any atom is -0.369 e. The zero-order valence-corrected chi connectivity index (χ0v) is 25.7. The number of nitrogens with one attached hydrogen (secondary N) is 1. The third-order valence-corrected chi connectivity index (χ3v) is 8.97. The van der Waals surface area contributed by atoms with Crippen molar-refractivity contribution in [2.24, 2.45) is 0 Å². The number of rotatable bonds is 10. The Morgan fingerprint density at radius 2 is 1.71 bits per heavy atom. The van der Waals surface area contributed by atoms with Gasteiger partial charge in [0.05, 0.1) is 12.1 Å². The van der Waals surface area contributed by atoms with E-state index in [9.17, 15) is 14.0 Å². The minimum atomic E-state index is -0.696. The molecular weight excluding hydrogens is 593 g/mol. The molecule has 1 atom stereocenters. The second-order valence-corrected chi connectivity index (χ2v) is 12.0. The summed E-state index contributed by atoms with van der Waals surface area (Å²) in [5.41, 5.74) is 2.36. The smallest absolute Gasteiger partial charge is 0.256 e.